The zero-order valence-corrected chi connectivity index (χ0v) is 20.0. The van der Waals surface area contributed by atoms with Crippen LogP contribution in [0.1, 0.15) is 53.6 Å². The number of nitrogens with zero attached hydrogens (tertiary/aromatic N) is 1. The fourth-order valence-corrected chi connectivity index (χ4v) is 4.94. The van der Waals surface area contributed by atoms with Gasteiger partial charge in [-0.3, -0.25) is 9.59 Å². The number of nitrogens with one attached hydrogen (secondary N) is 2. The van der Waals surface area contributed by atoms with Crippen LogP contribution < -0.4 is 10.9 Å². The number of carbonyl (C=O) groups is 1. The molecule has 1 aliphatic heterocycles. The van der Waals surface area contributed by atoms with Crippen molar-refractivity contribution in [1.82, 2.24) is 15.2 Å². The molecule has 4 rings (SSSR count). The van der Waals surface area contributed by atoms with E-state index < -0.39 is 52.7 Å². The monoisotopic (exact) mass is 533 g/mol. The van der Waals surface area contributed by atoms with E-state index in [0.29, 0.717) is 44.0 Å². The van der Waals surface area contributed by atoms with E-state index >= 15 is 0 Å². The average Bonchev–Trinajstić information content (AvgIpc) is 3.48. The van der Waals surface area contributed by atoms with Crippen molar-refractivity contribution >= 4 is 5.91 Å². The minimum Gasteiger partial charge on any atom is -0.333 e. The number of benzene rings is 1. The summed E-state index contributed by atoms with van der Waals surface area (Å²) in [5, 5.41) is 3.14. The molecule has 1 atom stereocenters. The van der Waals surface area contributed by atoms with E-state index in [2.05, 4.69) is 10.3 Å². The Labute approximate surface area is 208 Å². The second kappa shape index (κ2) is 9.77. The van der Waals surface area contributed by atoms with Crippen molar-refractivity contribution in [3.63, 3.8) is 0 Å². The van der Waals surface area contributed by atoms with Gasteiger partial charge < -0.3 is 15.2 Å². The number of aromatic amines is 1. The highest BCUT2D eigenvalue weighted by atomic mass is 19.4. The molecule has 2 aliphatic rings. The number of aromatic nitrogens is 1. The lowest BCUT2D eigenvalue weighted by atomic mass is 9.80. The fraction of sp³-hybridized carbons (Fsp3) is 0.520. The fourth-order valence-electron chi connectivity index (χ4n) is 4.94. The van der Waals surface area contributed by atoms with Gasteiger partial charge in [0, 0.05) is 25.3 Å². The summed E-state index contributed by atoms with van der Waals surface area (Å²) < 4.78 is 94.7. The summed E-state index contributed by atoms with van der Waals surface area (Å²) in [6, 6.07) is 2.15. The number of hydrogen-bond acceptors (Lipinski definition) is 3. The number of alkyl halides is 6. The molecule has 12 heteroatoms. The van der Waals surface area contributed by atoms with Crippen LogP contribution in [0, 0.1) is 24.1 Å². The highest BCUT2D eigenvalue weighted by Crippen LogP contribution is 2.45. The van der Waals surface area contributed by atoms with Crippen LogP contribution in [0.5, 0.6) is 0 Å². The Kier molecular flexibility index (Phi) is 7.17. The number of aryl methyl sites for hydroxylation is 1. The molecular weight excluding hydrogens is 507 g/mol. The van der Waals surface area contributed by atoms with Crippen LogP contribution >= 0.6 is 0 Å². The summed E-state index contributed by atoms with van der Waals surface area (Å²) in [5.41, 5.74) is -4.73. The van der Waals surface area contributed by atoms with Gasteiger partial charge in [-0.15, -0.1) is 0 Å². The van der Waals surface area contributed by atoms with Crippen LogP contribution in [0.4, 0.5) is 30.7 Å². The van der Waals surface area contributed by atoms with Gasteiger partial charge in [0.2, 0.25) is 5.91 Å². The van der Waals surface area contributed by atoms with Crippen LogP contribution in [-0.2, 0) is 30.2 Å². The molecule has 1 aromatic carbocycles. The lowest BCUT2D eigenvalue weighted by molar-refractivity contribution is -0.143. The van der Waals surface area contributed by atoms with Crippen LogP contribution in [0.25, 0.3) is 0 Å². The number of amides is 1. The highest BCUT2D eigenvalue weighted by molar-refractivity contribution is 5.83. The second-order valence-corrected chi connectivity index (χ2v) is 10.0. The lowest BCUT2D eigenvalue weighted by Gasteiger charge is -2.35. The summed E-state index contributed by atoms with van der Waals surface area (Å²) in [6.45, 7) is 1.48. The summed E-state index contributed by atoms with van der Waals surface area (Å²) in [4.78, 5) is 29.1. The van der Waals surface area contributed by atoms with E-state index in [9.17, 15) is 40.3 Å². The first-order valence-electron chi connectivity index (χ1n) is 11.8. The molecule has 1 saturated carbocycles. The third-order valence-corrected chi connectivity index (χ3v) is 7.04. The number of carbonyl (C=O) groups excluding carboxylic acids is 1. The third kappa shape index (κ3) is 6.16. The predicted octanol–water partition coefficient (Wildman–Crippen LogP) is 5.17. The van der Waals surface area contributed by atoms with E-state index in [-0.39, 0.29) is 29.4 Å². The first-order valence-corrected chi connectivity index (χ1v) is 11.8. The summed E-state index contributed by atoms with van der Waals surface area (Å²) in [7, 11) is 0. The topological polar surface area (TPSA) is 65.2 Å². The zero-order valence-electron chi connectivity index (χ0n) is 20.0. The standard InChI is InChI=1S/C25H26F7N3O2/c1-14-17(8-20(26)21(36)34-14)12-35(22(37)23(4-5-33-13-23)10-15-2-3-15)11-16-6-18(24(27,28)29)9-19(7-16)25(30,31)32/h6-9,15,33H,2-5,10-13H2,1H3,(H,34,36). The molecule has 0 spiro atoms. The van der Waals surface area contributed by atoms with Gasteiger partial charge in [0.25, 0.3) is 5.56 Å². The zero-order chi connectivity index (χ0) is 27.2. The van der Waals surface area contributed by atoms with Crippen molar-refractivity contribution < 1.29 is 35.5 Å². The Morgan fingerprint density at radius 1 is 1.03 bits per heavy atom. The second-order valence-electron chi connectivity index (χ2n) is 10.0. The van der Waals surface area contributed by atoms with Gasteiger partial charge in [-0.1, -0.05) is 12.8 Å². The van der Waals surface area contributed by atoms with E-state index in [1.54, 1.807) is 0 Å². The molecular formula is C25H26F7N3O2. The van der Waals surface area contributed by atoms with Crippen LogP contribution in [0.3, 0.4) is 0 Å². The van der Waals surface area contributed by atoms with Gasteiger partial charge >= 0.3 is 12.4 Å². The minimum absolute atomic E-state index is 0.0343. The molecule has 1 saturated heterocycles. The molecule has 1 unspecified atom stereocenters. The molecule has 1 amide bonds. The summed E-state index contributed by atoms with van der Waals surface area (Å²) in [6.07, 6.45) is -7.17. The molecule has 2 heterocycles. The van der Waals surface area contributed by atoms with Crippen molar-refractivity contribution in [3.8, 4) is 0 Å². The Morgan fingerprint density at radius 2 is 1.65 bits per heavy atom. The minimum atomic E-state index is -5.04. The van der Waals surface area contributed by atoms with E-state index in [4.69, 9.17) is 0 Å². The van der Waals surface area contributed by atoms with Gasteiger partial charge in [-0.25, -0.2) is 4.39 Å². The molecule has 202 valence electrons. The molecule has 1 aliphatic carbocycles. The first kappa shape index (κ1) is 27.2. The van der Waals surface area contributed by atoms with E-state index in [1.165, 1.54) is 11.8 Å². The van der Waals surface area contributed by atoms with Gasteiger partial charge in [0.15, 0.2) is 5.82 Å². The van der Waals surface area contributed by atoms with Crippen molar-refractivity contribution in [2.75, 3.05) is 13.1 Å². The largest absolute Gasteiger partial charge is 0.416 e. The molecule has 0 radical (unpaired) electrons. The third-order valence-electron chi connectivity index (χ3n) is 7.04. The molecule has 0 bridgehead atoms. The average molecular weight is 533 g/mol. The quantitative estimate of drug-likeness (QED) is 0.483. The number of H-pyrrole nitrogens is 1. The van der Waals surface area contributed by atoms with Gasteiger partial charge in [0.1, 0.15) is 0 Å². The highest BCUT2D eigenvalue weighted by Gasteiger charge is 2.47. The molecule has 37 heavy (non-hydrogen) atoms. The normalized spacial score (nSPS) is 20.3. The van der Waals surface area contributed by atoms with Gasteiger partial charge in [-0.05, 0) is 67.6 Å². The molecule has 5 nitrogen and oxygen atoms in total. The number of halogens is 7. The SMILES string of the molecule is Cc1[nH]c(=O)c(F)cc1CN(Cc1cc(C(F)(F)F)cc(C(F)(F)F)c1)C(=O)C1(CC2CC2)CCNC1. The maximum absolute atomic E-state index is 14.1. The summed E-state index contributed by atoms with van der Waals surface area (Å²) >= 11 is 0. The summed E-state index contributed by atoms with van der Waals surface area (Å²) in [5.74, 6) is -1.22. The Balaban J connectivity index is 1.76. The van der Waals surface area contributed by atoms with Crippen LogP contribution in [0.2, 0.25) is 0 Å². The molecule has 2 aromatic rings. The maximum atomic E-state index is 14.1. The van der Waals surface area contributed by atoms with Crippen molar-refractivity contribution in [1.29, 1.82) is 0 Å². The predicted molar refractivity (Wildman–Crippen MR) is 120 cm³/mol. The Morgan fingerprint density at radius 3 is 2.16 bits per heavy atom. The molecule has 1 aromatic heterocycles. The number of rotatable bonds is 7. The Bertz CT molecular complexity index is 1190. The number of hydrogen-bond donors (Lipinski definition) is 2. The first-order chi connectivity index (χ1) is 17.2. The van der Waals surface area contributed by atoms with Crippen LogP contribution in [0.15, 0.2) is 29.1 Å². The van der Waals surface area contributed by atoms with Crippen molar-refractivity contribution in [2.24, 2.45) is 11.3 Å². The van der Waals surface area contributed by atoms with Crippen molar-refractivity contribution in [3.05, 3.63) is 68.4 Å². The number of pyridine rings is 1. The van der Waals surface area contributed by atoms with Crippen LogP contribution in [-0.4, -0.2) is 28.9 Å². The Hall–Kier alpha value is -2.89. The van der Waals surface area contributed by atoms with E-state index in [0.717, 1.165) is 18.9 Å². The smallest absolute Gasteiger partial charge is 0.333 e. The van der Waals surface area contributed by atoms with Crippen molar-refractivity contribution in [2.45, 2.75) is 58.0 Å². The van der Waals surface area contributed by atoms with E-state index in [1.807, 2.05) is 0 Å². The van der Waals surface area contributed by atoms with Gasteiger partial charge in [-0.2, -0.15) is 26.3 Å². The van der Waals surface area contributed by atoms with Gasteiger partial charge in [0.05, 0.1) is 16.5 Å². The maximum Gasteiger partial charge on any atom is 0.416 e. The molecule has 2 fully saturated rings. The molecule has 2 N–H and O–H groups in total. The lowest BCUT2D eigenvalue weighted by Crippen LogP contribution is -2.45.